The van der Waals surface area contributed by atoms with Crippen molar-refractivity contribution in [3.05, 3.63) is 82.4 Å². The summed E-state index contributed by atoms with van der Waals surface area (Å²) in [6.45, 7) is 0.466. The third-order valence-corrected chi connectivity index (χ3v) is 7.44. The summed E-state index contributed by atoms with van der Waals surface area (Å²) in [7, 11) is 5.51. The van der Waals surface area contributed by atoms with Crippen molar-refractivity contribution in [3.8, 4) is 17.2 Å². The maximum atomic E-state index is 13.2. The van der Waals surface area contributed by atoms with E-state index in [4.69, 9.17) is 19.4 Å². The lowest BCUT2D eigenvalue weighted by Crippen LogP contribution is -2.34. The summed E-state index contributed by atoms with van der Waals surface area (Å²) in [6, 6.07) is 19.1. The zero-order valence-electron chi connectivity index (χ0n) is 23.9. The lowest BCUT2D eigenvalue weighted by Gasteiger charge is -2.29. The van der Waals surface area contributed by atoms with Crippen LogP contribution in [0.1, 0.15) is 36.0 Å². The molecule has 0 radical (unpaired) electrons. The first-order valence-electron chi connectivity index (χ1n) is 13.9. The number of nitrogens with zero attached hydrogens (tertiary/aromatic N) is 4. The number of carbonyl (C=O) groups excluding carboxylic acids is 1. The van der Waals surface area contributed by atoms with Gasteiger partial charge in [-0.25, -0.2) is 4.98 Å². The number of methoxy groups -OCH3 is 1. The molecule has 1 aliphatic rings. The van der Waals surface area contributed by atoms with Crippen LogP contribution in [-0.2, 0) is 0 Å². The Morgan fingerprint density at radius 3 is 2.40 bits per heavy atom. The number of carbonyl (C=O) groups is 1. The molecule has 3 aromatic carbocycles. The van der Waals surface area contributed by atoms with Gasteiger partial charge in [0.25, 0.3) is 11.6 Å². The van der Waals surface area contributed by atoms with Crippen molar-refractivity contribution in [3.63, 3.8) is 0 Å². The third kappa shape index (κ3) is 6.68. The number of fused-ring (bicyclic) bond motifs is 1. The van der Waals surface area contributed by atoms with Crippen molar-refractivity contribution >= 4 is 34.3 Å². The Labute approximate surface area is 244 Å². The van der Waals surface area contributed by atoms with Crippen LogP contribution < -0.4 is 25.0 Å². The number of hydrogen-bond acceptors (Lipinski definition) is 9. The standard InChI is InChI=1S/C31H34N6O5/c1-36(2)29-25-6-4-5-7-27(25)34-31(35-29)33-21-10-8-20(9-11-21)19-32-30(38)26-18-22(37(39)40)12-17-28(26)42-24-15-13-23(41-3)14-16-24/h4-7,12-18,20-21H,8-11,19H2,1-3H3,(H,32,38)(H,33,34,35)/t20-,21+. The van der Waals surface area contributed by atoms with Gasteiger partial charge < -0.3 is 25.0 Å². The number of hydrogen-bond donors (Lipinski definition) is 2. The van der Waals surface area contributed by atoms with Crippen molar-refractivity contribution in [2.24, 2.45) is 5.92 Å². The molecule has 1 amide bonds. The number of amides is 1. The molecule has 11 heteroatoms. The first-order valence-corrected chi connectivity index (χ1v) is 13.9. The van der Waals surface area contributed by atoms with Gasteiger partial charge in [0.05, 0.1) is 23.1 Å². The van der Waals surface area contributed by atoms with Crippen LogP contribution in [0.2, 0.25) is 0 Å². The fourth-order valence-corrected chi connectivity index (χ4v) is 5.16. The summed E-state index contributed by atoms with van der Waals surface area (Å²) in [5, 5.41) is 18.9. The zero-order valence-corrected chi connectivity index (χ0v) is 23.9. The third-order valence-electron chi connectivity index (χ3n) is 7.44. The summed E-state index contributed by atoms with van der Waals surface area (Å²) in [4.78, 5) is 35.5. The second-order valence-electron chi connectivity index (χ2n) is 10.6. The highest BCUT2D eigenvalue weighted by molar-refractivity contribution is 5.97. The first kappa shape index (κ1) is 28.6. The number of nitro benzene ring substituents is 1. The van der Waals surface area contributed by atoms with Crippen LogP contribution in [0.3, 0.4) is 0 Å². The van der Waals surface area contributed by atoms with E-state index in [9.17, 15) is 14.9 Å². The highest BCUT2D eigenvalue weighted by atomic mass is 16.6. The Morgan fingerprint density at radius 2 is 1.71 bits per heavy atom. The van der Waals surface area contributed by atoms with E-state index in [1.165, 1.54) is 18.2 Å². The lowest BCUT2D eigenvalue weighted by atomic mass is 9.86. The predicted molar refractivity (Wildman–Crippen MR) is 162 cm³/mol. The minimum atomic E-state index is -0.525. The number of aromatic nitrogens is 2. The molecule has 4 aromatic rings. The van der Waals surface area contributed by atoms with Crippen molar-refractivity contribution in [1.82, 2.24) is 15.3 Å². The van der Waals surface area contributed by atoms with Gasteiger partial charge in [-0.3, -0.25) is 14.9 Å². The first-order chi connectivity index (χ1) is 20.3. The van der Waals surface area contributed by atoms with Crippen molar-refractivity contribution in [2.45, 2.75) is 31.7 Å². The van der Waals surface area contributed by atoms with E-state index in [0.29, 0.717) is 24.0 Å². The average molecular weight is 571 g/mol. The van der Waals surface area contributed by atoms with Crippen LogP contribution in [0.15, 0.2) is 66.7 Å². The molecular formula is C31H34N6O5. The monoisotopic (exact) mass is 570 g/mol. The normalized spacial score (nSPS) is 16.5. The number of nitrogens with one attached hydrogen (secondary N) is 2. The molecule has 0 aliphatic heterocycles. The summed E-state index contributed by atoms with van der Waals surface area (Å²) in [5.41, 5.74) is 0.828. The van der Waals surface area contributed by atoms with Gasteiger partial charge in [0, 0.05) is 44.2 Å². The predicted octanol–water partition coefficient (Wildman–Crippen LogP) is 5.81. The smallest absolute Gasteiger partial charge is 0.270 e. The Bertz CT molecular complexity index is 1570. The Hall–Kier alpha value is -4.93. The molecule has 1 saturated carbocycles. The molecule has 2 N–H and O–H groups in total. The van der Waals surface area contributed by atoms with Crippen molar-refractivity contribution < 1.29 is 19.2 Å². The number of rotatable bonds is 10. The number of ether oxygens (including phenoxy) is 2. The SMILES string of the molecule is COc1ccc(Oc2ccc([N+](=O)[O-])cc2C(=O)NC[C@H]2CC[C@@H](Nc3nc(N(C)C)c4ccccc4n3)CC2)cc1. The van der Waals surface area contributed by atoms with Gasteiger partial charge in [-0.2, -0.15) is 4.98 Å². The maximum Gasteiger partial charge on any atom is 0.270 e. The highest BCUT2D eigenvalue weighted by Crippen LogP contribution is 2.31. The van der Waals surface area contributed by atoms with E-state index in [-0.39, 0.29) is 29.0 Å². The molecule has 0 spiro atoms. The summed E-state index contributed by atoms with van der Waals surface area (Å²) in [6.07, 6.45) is 3.65. The molecule has 1 fully saturated rings. The molecular weight excluding hydrogens is 536 g/mol. The van der Waals surface area contributed by atoms with Crippen LogP contribution >= 0.6 is 0 Å². The highest BCUT2D eigenvalue weighted by Gasteiger charge is 2.24. The van der Waals surface area contributed by atoms with E-state index in [2.05, 4.69) is 10.6 Å². The van der Waals surface area contributed by atoms with Crippen LogP contribution in [0.25, 0.3) is 10.9 Å². The number of non-ortho nitro benzene ring substituents is 1. The molecule has 1 aromatic heterocycles. The fourth-order valence-electron chi connectivity index (χ4n) is 5.16. The summed E-state index contributed by atoms with van der Waals surface area (Å²) >= 11 is 0. The molecule has 218 valence electrons. The van der Waals surface area contributed by atoms with Gasteiger partial charge in [-0.05, 0) is 74.1 Å². The summed E-state index contributed by atoms with van der Waals surface area (Å²) < 4.78 is 11.1. The number of nitro groups is 1. The number of anilines is 2. The molecule has 5 rings (SSSR count). The van der Waals surface area contributed by atoms with Gasteiger partial charge in [-0.15, -0.1) is 0 Å². The van der Waals surface area contributed by atoms with Gasteiger partial charge in [0.2, 0.25) is 5.95 Å². The van der Waals surface area contributed by atoms with Gasteiger partial charge in [0.15, 0.2) is 0 Å². The maximum absolute atomic E-state index is 13.2. The second kappa shape index (κ2) is 12.7. The number of para-hydroxylation sites is 1. The lowest BCUT2D eigenvalue weighted by molar-refractivity contribution is -0.384. The van der Waals surface area contributed by atoms with Gasteiger partial charge in [0.1, 0.15) is 23.1 Å². The van der Waals surface area contributed by atoms with E-state index < -0.39 is 10.8 Å². The topological polar surface area (TPSA) is 132 Å². The van der Waals surface area contributed by atoms with Crippen LogP contribution in [-0.4, -0.2) is 54.6 Å². The van der Waals surface area contributed by atoms with Crippen LogP contribution in [0.4, 0.5) is 17.5 Å². The Balaban J connectivity index is 1.19. The molecule has 0 atom stereocenters. The van der Waals surface area contributed by atoms with Gasteiger partial charge in [-0.1, -0.05) is 12.1 Å². The molecule has 42 heavy (non-hydrogen) atoms. The van der Waals surface area contributed by atoms with E-state index >= 15 is 0 Å². The Kier molecular flexibility index (Phi) is 8.66. The van der Waals surface area contributed by atoms with Crippen molar-refractivity contribution in [2.75, 3.05) is 38.0 Å². The molecule has 0 unspecified atom stereocenters. The largest absolute Gasteiger partial charge is 0.497 e. The van der Waals surface area contributed by atoms with Crippen molar-refractivity contribution in [1.29, 1.82) is 0 Å². The molecule has 1 heterocycles. The number of benzene rings is 3. The molecule has 0 saturated heterocycles. The van der Waals surface area contributed by atoms with Crippen LogP contribution in [0.5, 0.6) is 17.2 Å². The molecule has 0 bridgehead atoms. The molecule has 1 aliphatic carbocycles. The van der Waals surface area contributed by atoms with Gasteiger partial charge >= 0.3 is 0 Å². The average Bonchev–Trinajstić information content (AvgIpc) is 3.00. The quantitative estimate of drug-likeness (QED) is 0.179. The Morgan fingerprint density at radius 1 is 1.00 bits per heavy atom. The van der Waals surface area contributed by atoms with Crippen LogP contribution in [0, 0.1) is 16.0 Å². The fraction of sp³-hybridized carbons (Fsp3) is 0.323. The minimum absolute atomic E-state index is 0.112. The summed E-state index contributed by atoms with van der Waals surface area (Å²) in [5.74, 6) is 2.74. The zero-order chi connectivity index (χ0) is 29.6. The van der Waals surface area contributed by atoms with E-state index in [1.54, 1.807) is 31.4 Å². The van der Waals surface area contributed by atoms with E-state index in [0.717, 1.165) is 42.4 Å². The van der Waals surface area contributed by atoms with E-state index in [1.807, 2.05) is 43.3 Å². The second-order valence-corrected chi connectivity index (χ2v) is 10.6. The minimum Gasteiger partial charge on any atom is -0.497 e. The molecule has 11 nitrogen and oxygen atoms in total.